The molecule has 0 saturated carbocycles. The van der Waals surface area contributed by atoms with E-state index in [1.54, 1.807) is 0 Å². The van der Waals surface area contributed by atoms with Crippen LogP contribution in [0.3, 0.4) is 0 Å². The second-order valence-electron chi connectivity index (χ2n) is 17.2. The molecule has 67 heavy (non-hydrogen) atoms. The molecule has 0 unspecified atom stereocenters. The molecule has 0 aliphatic carbocycles. The minimum atomic E-state index is 0.877. The quantitative estimate of drug-likeness (QED) is 0.152. The fourth-order valence-electron chi connectivity index (χ4n) is 10.4. The van der Waals surface area contributed by atoms with E-state index in [0.29, 0.717) is 0 Å². The molecule has 0 bridgehead atoms. The average molecular weight is 855 g/mol. The topological polar surface area (TPSA) is 21.3 Å². The molecule has 13 aromatic rings. The van der Waals surface area contributed by atoms with Gasteiger partial charge in [-0.25, -0.2) is 0 Å². The number of aromatic nitrogens is 1. The molecule has 0 fully saturated rings. The lowest BCUT2D eigenvalue weighted by Crippen LogP contribution is -2.12. The van der Waals surface area contributed by atoms with Gasteiger partial charge in [-0.2, -0.15) is 0 Å². The van der Waals surface area contributed by atoms with Crippen LogP contribution in [0.5, 0.6) is 0 Å². The van der Waals surface area contributed by atoms with Gasteiger partial charge >= 0.3 is 0 Å². The molecular weight excluding hydrogens is 813 g/mol. The van der Waals surface area contributed by atoms with Crippen molar-refractivity contribution < 1.29 is 4.42 Å². The molecule has 2 heterocycles. The third kappa shape index (κ3) is 6.43. The molecule has 0 aliphatic rings. The van der Waals surface area contributed by atoms with E-state index in [-0.39, 0.29) is 0 Å². The molecule has 0 aliphatic heterocycles. The van der Waals surface area contributed by atoms with Gasteiger partial charge in [-0.15, -0.1) is 0 Å². The van der Waals surface area contributed by atoms with Crippen molar-refractivity contribution in [2.45, 2.75) is 0 Å². The van der Waals surface area contributed by atoms with Crippen molar-refractivity contribution in [2.75, 3.05) is 4.90 Å². The number of benzene rings is 11. The van der Waals surface area contributed by atoms with Crippen molar-refractivity contribution in [3.8, 4) is 50.2 Å². The van der Waals surface area contributed by atoms with Gasteiger partial charge in [0.2, 0.25) is 0 Å². The van der Waals surface area contributed by atoms with E-state index >= 15 is 0 Å². The lowest BCUT2D eigenvalue weighted by molar-refractivity contribution is 0.670. The maximum absolute atomic E-state index is 6.73. The summed E-state index contributed by atoms with van der Waals surface area (Å²) in [6.45, 7) is 0. The first-order chi connectivity index (χ1) is 33.3. The second-order valence-corrected chi connectivity index (χ2v) is 17.2. The molecule has 0 amide bonds. The van der Waals surface area contributed by atoms with Gasteiger partial charge in [0, 0.05) is 49.6 Å². The zero-order chi connectivity index (χ0) is 44.3. The number of hydrogen-bond donors (Lipinski definition) is 0. The van der Waals surface area contributed by atoms with E-state index in [9.17, 15) is 0 Å². The van der Waals surface area contributed by atoms with Crippen LogP contribution < -0.4 is 4.90 Å². The van der Waals surface area contributed by atoms with Gasteiger partial charge in [0.1, 0.15) is 11.2 Å². The van der Waals surface area contributed by atoms with Gasteiger partial charge in [0.25, 0.3) is 0 Å². The highest BCUT2D eigenvalue weighted by Gasteiger charge is 2.24. The van der Waals surface area contributed by atoms with Crippen molar-refractivity contribution in [3.05, 3.63) is 255 Å². The Kier molecular flexibility index (Phi) is 9.17. The predicted octanol–water partition coefficient (Wildman–Crippen LogP) is 18.0. The molecule has 2 aromatic heterocycles. The predicted molar refractivity (Wildman–Crippen MR) is 282 cm³/mol. The molecule has 13 rings (SSSR count). The fourth-order valence-corrected chi connectivity index (χ4v) is 10.4. The highest BCUT2D eigenvalue weighted by molar-refractivity contribution is 6.13. The van der Waals surface area contributed by atoms with E-state index in [2.05, 4.69) is 258 Å². The number of fused-ring (bicyclic) bond motifs is 7. The number of anilines is 3. The zero-order valence-corrected chi connectivity index (χ0v) is 36.6. The second kappa shape index (κ2) is 16.0. The van der Waals surface area contributed by atoms with Crippen LogP contribution in [0.4, 0.5) is 17.1 Å². The molecule has 0 N–H and O–H groups in total. The van der Waals surface area contributed by atoms with Crippen molar-refractivity contribution in [1.29, 1.82) is 0 Å². The van der Waals surface area contributed by atoms with Crippen LogP contribution in [-0.2, 0) is 0 Å². The maximum Gasteiger partial charge on any atom is 0.143 e. The normalized spacial score (nSPS) is 11.6. The number of nitrogens with zero attached hydrogens (tertiary/aromatic N) is 2. The minimum absolute atomic E-state index is 0.877. The van der Waals surface area contributed by atoms with E-state index < -0.39 is 0 Å². The smallest absolute Gasteiger partial charge is 0.143 e. The Morgan fingerprint density at radius 2 is 0.881 bits per heavy atom. The van der Waals surface area contributed by atoms with Gasteiger partial charge < -0.3 is 13.9 Å². The van der Waals surface area contributed by atoms with Gasteiger partial charge in [-0.05, 0) is 99.3 Å². The summed E-state index contributed by atoms with van der Waals surface area (Å²) in [6, 6.07) is 92.0. The van der Waals surface area contributed by atoms with Crippen LogP contribution in [-0.4, -0.2) is 4.57 Å². The summed E-state index contributed by atoms with van der Waals surface area (Å²) in [5, 5.41) is 7.09. The summed E-state index contributed by atoms with van der Waals surface area (Å²) in [7, 11) is 0. The Labute approximate surface area is 388 Å². The molecule has 3 nitrogen and oxygen atoms in total. The highest BCUT2D eigenvalue weighted by atomic mass is 16.3. The summed E-state index contributed by atoms with van der Waals surface area (Å²) in [5.41, 5.74) is 17.5. The van der Waals surface area contributed by atoms with E-state index in [4.69, 9.17) is 4.42 Å². The largest absolute Gasteiger partial charge is 0.455 e. The lowest BCUT2D eigenvalue weighted by Gasteiger charge is -2.30. The average Bonchev–Trinajstić information content (AvgIpc) is 3.95. The van der Waals surface area contributed by atoms with Crippen LogP contribution in [0.25, 0.3) is 105 Å². The summed E-state index contributed by atoms with van der Waals surface area (Å²) in [4.78, 5) is 2.46. The third-order valence-electron chi connectivity index (χ3n) is 13.4. The number of para-hydroxylation sites is 6. The van der Waals surface area contributed by atoms with Crippen molar-refractivity contribution in [3.63, 3.8) is 0 Å². The van der Waals surface area contributed by atoms with Crippen LogP contribution in [0.15, 0.2) is 259 Å². The van der Waals surface area contributed by atoms with Crippen LogP contribution in [0.2, 0.25) is 0 Å². The number of rotatable bonds is 8. The molecule has 0 spiro atoms. The Morgan fingerprint density at radius 1 is 0.328 bits per heavy atom. The standard InChI is InChI=1S/C64H42N2O/c1-3-19-43(20-4-1)49-31-16-21-44-22-17-32-54(63(44)49)50-27-7-11-35-58(50)66(59-36-12-8-28-51(59)55-33-18-34-56-53-30-10-14-38-62(53)67-64(55)56)48-26-15-23-45(41-48)46-39-40-61-57(42-46)52-29-9-13-37-60(52)65(61)47-24-5-2-6-25-47/h1-42H. The van der Waals surface area contributed by atoms with E-state index in [0.717, 1.165) is 72.5 Å². The third-order valence-corrected chi connectivity index (χ3v) is 13.4. The molecule has 0 atom stereocenters. The molecule has 11 aromatic carbocycles. The van der Waals surface area contributed by atoms with E-state index in [1.807, 2.05) is 6.07 Å². The Bertz CT molecular complexity index is 3990. The van der Waals surface area contributed by atoms with Crippen LogP contribution >= 0.6 is 0 Å². The molecular formula is C64H42N2O. The van der Waals surface area contributed by atoms with Gasteiger partial charge in [-0.3, -0.25) is 0 Å². The Balaban J connectivity index is 1.05. The molecule has 314 valence electrons. The molecule has 0 saturated heterocycles. The summed E-state index contributed by atoms with van der Waals surface area (Å²) >= 11 is 0. The van der Waals surface area contributed by atoms with Crippen molar-refractivity contribution in [2.24, 2.45) is 0 Å². The molecule has 0 radical (unpaired) electrons. The van der Waals surface area contributed by atoms with Crippen molar-refractivity contribution in [1.82, 2.24) is 4.57 Å². The summed E-state index contributed by atoms with van der Waals surface area (Å²) in [6.07, 6.45) is 0. The molecule has 3 heteroatoms. The van der Waals surface area contributed by atoms with Gasteiger partial charge in [0.15, 0.2) is 0 Å². The minimum Gasteiger partial charge on any atom is -0.455 e. The first-order valence-corrected chi connectivity index (χ1v) is 22.9. The van der Waals surface area contributed by atoms with Crippen LogP contribution in [0, 0.1) is 0 Å². The fraction of sp³-hybridized carbons (Fsp3) is 0. The first-order valence-electron chi connectivity index (χ1n) is 22.9. The Hall–Kier alpha value is -8.92. The SMILES string of the molecule is c1ccc(-c2cccc3cccc(-c4ccccc4N(c4cccc(-c5ccc6c(c5)c5ccccc5n6-c5ccccc5)c4)c4ccccc4-c4cccc5c4oc4ccccc45)c23)cc1. The lowest BCUT2D eigenvalue weighted by atomic mass is 9.90. The Morgan fingerprint density at radius 3 is 1.69 bits per heavy atom. The number of furan rings is 1. The monoisotopic (exact) mass is 854 g/mol. The summed E-state index contributed by atoms with van der Waals surface area (Å²) in [5.74, 6) is 0. The van der Waals surface area contributed by atoms with E-state index in [1.165, 1.54) is 49.3 Å². The summed E-state index contributed by atoms with van der Waals surface area (Å²) < 4.78 is 9.11. The number of hydrogen-bond acceptors (Lipinski definition) is 2. The van der Waals surface area contributed by atoms with Crippen molar-refractivity contribution >= 4 is 71.6 Å². The highest BCUT2D eigenvalue weighted by Crippen LogP contribution is 2.49. The van der Waals surface area contributed by atoms with Gasteiger partial charge in [-0.1, -0.05) is 194 Å². The zero-order valence-electron chi connectivity index (χ0n) is 36.6. The first kappa shape index (κ1) is 38.5. The van der Waals surface area contributed by atoms with Gasteiger partial charge in [0.05, 0.1) is 22.4 Å². The van der Waals surface area contributed by atoms with Crippen LogP contribution in [0.1, 0.15) is 0 Å². The maximum atomic E-state index is 6.73.